The molecule has 0 aromatic heterocycles. The molecule has 0 radical (unpaired) electrons. The van der Waals surface area contributed by atoms with Crippen molar-refractivity contribution in [3.8, 4) is 0 Å². The van der Waals surface area contributed by atoms with Crippen LogP contribution in [-0.2, 0) is 19.1 Å². The summed E-state index contributed by atoms with van der Waals surface area (Å²) in [5.41, 5.74) is -5.08. The molecule has 0 aromatic carbocycles. The van der Waals surface area contributed by atoms with Crippen LogP contribution in [0.25, 0.3) is 0 Å². The number of alkyl halides is 1. The van der Waals surface area contributed by atoms with Crippen molar-refractivity contribution in [1.29, 1.82) is 0 Å². The fraction of sp³-hybridized carbons (Fsp3) is 0.621. The van der Waals surface area contributed by atoms with Crippen molar-refractivity contribution < 1.29 is 33.7 Å². The second-order valence-corrected chi connectivity index (χ2v) is 12.1. The number of hydrogen-bond acceptors (Lipinski definition) is 7. The zero-order valence-corrected chi connectivity index (χ0v) is 21.9. The minimum absolute atomic E-state index is 0.0698. The maximum atomic E-state index is 17.2. The molecule has 5 rings (SSSR count). The second-order valence-electron chi connectivity index (χ2n) is 12.1. The number of fused-ring (bicyclic) bond motifs is 5. The van der Waals surface area contributed by atoms with Crippen LogP contribution in [0, 0.1) is 28.6 Å². The summed E-state index contributed by atoms with van der Waals surface area (Å²) >= 11 is 0. The molecule has 0 saturated heterocycles. The third-order valence-electron chi connectivity index (χ3n) is 10.2. The predicted molar refractivity (Wildman–Crippen MR) is 133 cm³/mol. The molecule has 1 aliphatic heterocycles. The number of aliphatic hydroxyl groups is 2. The van der Waals surface area contributed by atoms with Crippen molar-refractivity contribution >= 4 is 17.5 Å². The van der Waals surface area contributed by atoms with Gasteiger partial charge in [-0.15, -0.1) is 0 Å². The highest BCUT2D eigenvalue weighted by Crippen LogP contribution is 2.70. The number of ketones is 2. The lowest BCUT2D eigenvalue weighted by atomic mass is 9.45. The number of ether oxygens (including phenoxy) is 1. The van der Waals surface area contributed by atoms with Crippen LogP contribution in [-0.4, -0.2) is 63.7 Å². The van der Waals surface area contributed by atoms with Gasteiger partial charge in [0.2, 0.25) is 0 Å². The van der Waals surface area contributed by atoms with Gasteiger partial charge in [0.05, 0.1) is 6.10 Å². The van der Waals surface area contributed by atoms with Crippen LogP contribution >= 0.6 is 0 Å². The number of esters is 1. The first-order valence-corrected chi connectivity index (χ1v) is 13.1. The molecule has 8 heteroatoms. The largest absolute Gasteiger partial charge is 0.455 e. The van der Waals surface area contributed by atoms with Crippen LogP contribution in [0.4, 0.5) is 4.39 Å². The van der Waals surface area contributed by atoms with E-state index >= 15 is 4.39 Å². The van der Waals surface area contributed by atoms with E-state index in [0.717, 1.165) is 5.57 Å². The summed E-state index contributed by atoms with van der Waals surface area (Å²) in [5.74, 6) is -4.04. The van der Waals surface area contributed by atoms with Crippen LogP contribution in [0.2, 0.25) is 0 Å². The highest BCUT2D eigenvalue weighted by atomic mass is 19.1. The van der Waals surface area contributed by atoms with E-state index in [1.165, 1.54) is 6.08 Å². The van der Waals surface area contributed by atoms with Gasteiger partial charge < -0.3 is 19.8 Å². The number of nitrogens with zero attached hydrogens (tertiary/aromatic N) is 1. The summed E-state index contributed by atoms with van der Waals surface area (Å²) in [5, 5.41) is 23.4. The lowest BCUT2D eigenvalue weighted by Gasteiger charge is -2.61. The fourth-order valence-electron chi connectivity index (χ4n) is 8.17. The van der Waals surface area contributed by atoms with Crippen LogP contribution in [0.5, 0.6) is 0 Å². The van der Waals surface area contributed by atoms with Gasteiger partial charge in [0.25, 0.3) is 5.78 Å². The van der Waals surface area contributed by atoms with Gasteiger partial charge in [0, 0.05) is 36.4 Å². The maximum absolute atomic E-state index is 17.2. The average Bonchev–Trinajstić information content (AvgIpc) is 3.05. The molecular formula is C29H36FNO6. The lowest BCUT2D eigenvalue weighted by Crippen LogP contribution is -2.69. The summed E-state index contributed by atoms with van der Waals surface area (Å²) < 4.78 is 22.6. The Labute approximate surface area is 216 Å². The molecule has 2 saturated carbocycles. The van der Waals surface area contributed by atoms with Crippen LogP contribution in [0.3, 0.4) is 0 Å². The monoisotopic (exact) mass is 513 g/mol. The number of halogens is 1. The average molecular weight is 514 g/mol. The van der Waals surface area contributed by atoms with Gasteiger partial charge in [-0.25, -0.2) is 9.18 Å². The summed E-state index contributed by atoms with van der Waals surface area (Å²) in [7, 11) is 1.84. The Morgan fingerprint density at radius 3 is 2.70 bits per heavy atom. The molecule has 7 nitrogen and oxygen atoms in total. The molecule has 4 aliphatic carbocycles. The molecule has 37 heavy (non-hydrogen) atoms. The van der Waals surface area contributed by atoms with Gasteiger partial charge in [-0.3, -0.25) is 9.59 Å². The number of allylic oxidation sites excluding steroid dienone is 5. The van der Waals surface area contributed by atoms with Crippen molar-refractivity contribution in [2.75, 3.05) is 13.7 Å². The minimum Gasteiger partial charge on any atom is -0.455 e. The molecule has 200 valence electrons. The van der Waals surface area contributed by atoms with E-state index in [0.29, 0.717) is 18.4 Å². The van der Waals surface area contributed by atoms with Gasteiger partial charge in [0.1, 0.15) is 12.2 Å². The molecule has 5 unspecified atom stereocenters. The molecule has 2 fully saturated rings. The first kappa shape index (κ1) is 26.0. The lowest BCUT2D eigenvalue weighted by molar-refractivity contribution is -0.215. The molecule has 0 spiro atoms. The quantitative estimate of drug-likeness (QED) is 0.338. The molecule has 2 N–H and O–H groups in total. The normalized spacial score (nSPS) is 44.4. The third kappa shape index (κ3) is 3.41. The second kappa shape index (κ2) is 8.46. The molecule has 1 heterocycles. The molecule has 5 aliphatic rings. The summed E-state index contributed by atoms with van der Waals surface area (Å²) in [6.07, 6.45) is 10.1. The van der Waals surface area contributed by atoms with E-state index in [2.05, 4.69) is 0 Å². The Morgan fingerprint density at radius 2 is 2.00 bits per heavy atom. The van der Waals surface area contributed by atoms with Crippen LogP contribution in [0.15, 0.2) is 47.9 Å². The number of carbonyl (C=O) groups excluding carboxylic acids is 3. The third-order valence-corrected chi connectivity index (χ3v) is 10.2. The van der Waals surface area contributed by atoms with Crippen molar-refractivity contribution in [1.82, 2.24) is 4.90 Å². The number of carbonyl (C=O) groups is 3. The highest BCUT2D eigenvalue weighted by Gasteiger charge is 2.76. The van der Waals surface area contributed by atoms with Crippen molar-refractivity contribution in [3.05, 3.63) is 47.9 Å². The van der Waals surface area contributed by atoms with Gasteiger partial charge in [-0.05, 0) is 62.3 Å². The highest BCUT2D eigenvalue weighted by molar-refractivity contribution is 6.37. The van der Waals surface area contributed by atoms with Crippen LogP contribution < -0.4 is 0 Å². The molecule has 8 atom stereocenters. The Bertz CT molecular complexity index is 1170. The summed E-state index contributed by atoms with van der Waals surface area (Å²) in [4.78, 5) is 40.3. The zero-order chi connectivity index (χ0) is 27.0. The summed E-state index contributed by atoms with van der Waals surface area (Å²) in [6.45, 7) is 5.05. The summed E-state index contributed by atoms with van der Waals surface area (Å²) in [6, 6.07) is 0. The van der Waals surface area contributed by atoms with E-state index in [1.807, 2.05) is 36.5 Å². The Hall–Kier alpha value is -2.58. The zero-order valence-electron chi connectivity index (χ0n) is 21.9. The molecule has 0 aromatic rings. The number of hydrogen-bond donors (Lipinski definition) is 2. The Morgan fingerprint density at radius 1 is 1.27 bits per heavy atom. The van der Waals surface area contributed by atoms with E-state index in [4.69, 9.17) is 4.74 Å². The van der Waals surface area contributed by atoms with Gasteiger partial charge >= 0.3 is 5.97 Å². The standard InChI is InChI=1S/C29H36FNO6/c1-17-12-22-21-8-7-19-13-20(32)9-10-26(19,2)28(21,30)23(33)14-27(22,3)29(17,36)24(34)25(35)37-16-18-6-5-11-31(4)15-18/h5,7,9-11,15,17,21-23,33,36H,6,8,12-14,16H2,1-4H3/t17-,21?,22?,23?,26?,27?,28+,29+/m1/s1. The van der Waals surface area contributed by atoms with Gasteiger partial charge in [-0.1, -0.05) is 37.6 Å². The Kier molecular flexibility index (Phi) is 5.96. The van der Waals surface area contributed by atoms with Gasteiger partial charge in [0.15, 0.2) is 11.5 Å². The van der Waals surface area contributed by atoms with Crippen molar-refractivity contribution in [2.24, 2.45) is 28.6 Å². The smallest absolute Gasteiger partial charge is 0.378 e. The van der Waals surface area contributed by atoms with Crippen LogP contribution in [0.1, 0.15) is 52.9 Å². The molecular weight excluding hydrogens is 477 g/mol. The minimum atomic E-state index is -2.10. The van der Waals surface area contributed by atoms with E-state index < -0.39 is 57.7 Å². The number of rotatable bonds is 4. The molecule has 0 amide bonds. The first-order chi connectivity index (χ1) is 17.3. The van der Waals surface area contributed by atoms with E-state index in [-0.39, 0.29) is 31.7 Å². The topological polar surface area (TPSA) is 104 Å². The Balaban J connectivity index is 1.44. The maximum Gasteiger partial charge on any atom is 0.378 e. The SMILES string of the molecule is C[C@@H]1CC2C3CC=C4CC(=O)C=CC4(C)[C@@]3(F)C(O)CC2(C)[C@@]1(O)C(=O)C(=O)OCC1=CN(C)C=CC1. The van der Waals surface area contributed by atoms with E-state index in [1.54, 1.807) is 26.8 Å². The van der Waals surface area contributed by atoms with E-state index in [9.17, 15) is 24.6 Å². The van der Waals surface area contributed by atoms with Crippen molar-refractivity contribution in [2.45, 2.75) is 70.2 Å². The fourth-order valence-corrected chi connectivity index (χ4v) is 8.17. The predicted octanol–water partition coefficient (Wildman–Crippen LogP) is 3.18. The van der Waals surface area contributed by atoms with Crippen molar-refractivity contribution in [3.63, 3.8) is 0 Å². The number of aliphatic hydroxyl groups excluding tert-OH is 1. The first-order valence-electron chi connectivity index (χ1n) is 13.1. The molecule has 0 bridgehead atoms. The van der Waals surface area contributed by atoms with Gasteiger partial charge in [-0.2, -0.15) is 0 Å². The number of Topliss-reactive ketones (excluding diaryl/α,β-unsaturated/α-hetero) is 1.